The van der Waals surface area contributed by atoms with Crippen molar-refractivity contribution in [2.24, 2.45) is 5.92 Å². The molecule has 3 aromatic rings. The van der Waals surface area contributed by atoms with E-state index in [1.807, 2.05) is 49.4 Å². The van der Waals surface area contributed by atoms with Gasteiger partial charge < -0.3 is 31.5 Å². The Bertz CT molecular complexity index is 1470. The van der Waals surface area contributed by atoms with Crippen molar-refractivity contribution in [1.82, 2.24) is 25.9 Å². The summed E-state index contributed by atoms with van der Waals surface area (Å²) in [5, 5.41) is 30.1. The predicted molar refractivity (Wildman–Crippen MR) is 166 cm³/mol. The highest BCUT2D eigenvalue weighted by molar-refractivity contribution is 6.03. The van der Waals surface area contributed by atoms with E-state index in [0.29, 0.717) is 43.3 Å². The fourth-order valence-electron chi connectivity index (χ4n) is 5.12. The van der Waals surface area contributed by atoms with Crippen LogP contribution in [0.4, 0.5) is 5.69 Å². The molecule has 2 unspecified atom stereocenters. The molecule has 6 N–H and O–H groups in total. The minimum absolute atomic E-state index is 0.0596. The number of aliphatic hydroxyl groups excluding tert-OH is 2. The number of carbonyl (C=O) groups is 2. The number of pyridine rings is 2. The van der Waals surface area contributed by atoms with Gasteiger partial charge in [0, 0.05) is 61.3 Å². The van der Waals surface area contributed by atoms with Gasteiger partial charge in [0.15, 0.2) is 0 Å². The quantitative estimate of drug-likeness (QED) is 0.168. The van der Waals surface area contributed by atoms with Gasteiger partial charge in [-0.1, -0.05) is 50.3 Å². The lowest BCUT2D eigenvalue weighted by Gasteiger charge is -2.38. The second kappa shape index (κ2) is 14.8. The summed E-state index contributed by atoms with van der Waals surface area (Å²) in [6.45, 7) is 8.41. The summed E-state index contributed by atoms with van der Waals surface area (Å²) in [7, 11) is 0. The van der Waals surface area contributed by atoms with E-state index in [9.17, 15) is 9.59 Å². The average Bonchev–Trinajstić information content (AvgIpc) is 3.01. The molecule has 2 amide bonds. The summed E-state index contributed by atoms with van der Waals surface area (Å²) < 4.78 is 0. The lowest BCUT2D eigenvalue weighted by molar-refractivity contribution is 0.0953. The molecule has 1 aromatic carbocycles. The van der Waals surface area contributed by atoms with Crippen molar-refractivity contribution in [3.05, 3.63) is 112 Å². The molecule has 0 saturated carbocycles. The normalized spacial score (nSPS) is 17.8. The van der Waals surface area contributed by atoms with Crippen LogP contribution in [-0.4, -0.2) is 58.3 Å². The molecule has 2 aromatic heterocycles. The van der Waals surface area contributed by atoms with Crippen LogP contribution in [0.1, 0.15) is 57.1 Å². The Kier molecular flexibility index (Phi) is 10.9. The van der Waals surface area contributed by atoms with E-state index in [-0.39, 0.29) is 30.9 Å². The van der Waals surface area contributed by atoms with E-state index in [4.69, 9.17) is 10.2 Å². The molecular formula is C33H40N6O4. The Morgan fingerprint density at radius 3 is 1.98 bits per heavy atom. The largest absolute Gasteiger partial charge is 0.395 e. The number of hydrogen-bond donors (Lipinski definition) is 6. The summed E-state index contributed by atoms with van der Waals surface area (Å²) >= 11 is 0. The van der Waals surface area contributed by atoms with E-state index in [1.165, 1.54) is 0 Å². The fraction of sp³-hybridized carbons (Fsp3) is 0.333. The third-order valence-electron chi connectivity index (χ3n) is 7.85. The molecule has 0 radical (unpaired) electrons. The number of aromatic nitrogens is 2. The first-order valence-electron chi connectivity index (χ1n) is 14.4. The number of anilines is 1. The highest BCUT2D eigenvalue weighted by Gasteiger charge is 2.37. The van der Waals surface area contributed by atoms with Crippen molar-refractivity contribution < 1.29 is 19.8 Å². The summed E-state index contributed by atoms with van der Waals surface area (Å²) in [6.07, 6.45) is 9.29. The molecule has 10 nitrogen and oxygen atoms in total. The van der Waals surface area contributed by atoms with E-state index in [0.717, 1.165) is 28.0 Å². The monoisotopic (exact) mass is 584 g/mol. The molecule has 226 valence electrons. The van der Waals surface area contributed by atoms with Gasteiger partial charge in [0.2, 0.25) is 0 Å². The lowest BCUT2D eigenvalue weighted by Crippen LogP contribution is -2.38. The topological polar surface area (TPSA) is 148 Å². The van der Waals surface area contributed by atoms with Crippen LogP contribution < -0.4 is 21.3 Å². The molecular weight excluding hydrogens is 544 g/mol. The molecule has 1 aliphatic rings. The van der Waals surface area contributed by atoms with E-state index >= 15 is 0 Å². The first kappa shape index (κ1) is 31.7. The zero-order valence-electron chi connectivity index (χ0n) is 24.9. The number of amides is 2. The van der Waals surface area contributed by atoms with Crippen molar-refractivity contribution >= 4 is 17.5 Å². The Balaban J connectivity index is 1.44. The van der Waals surface area contributed by atoms with Crippen LogP contribution in [0.25, 0.3) is 0 Å². The zero-order valence-corrected chi connectivity index (χ0v) is 24.9. The maximum absolute atomic E-state index is 13.1. The molecule has 0 fully saturated rings. The summed E-state index contributed by atoms with van der Waals surface area (Å²) in [5.41, 5.74) is 5.44. The maximum Gasteiger partial charge on any atom is 0.274 e. The van der Waals surface area contributed by atoms with Crippen LogP contribution >= 0.6 is 0 Å². The molecule has 4 rings (SSSR count). The molecule has 0 spiro atoms. The molecule has 2 heterocycles. The number of benzene rings is 1. The van der Waals surface area contributed by atoms with Crippen LogP contribution in [-0.2, 0) is 18.5 Å². The predicted octanol–water partition coefficient (Wildman–Crippen LogP) is 2.98. The smallest absolute Gasteiger partial charge is 0.274 e. The Morgan fingerprint density at radius 1 is 0.860 bits per heavy atom. The van der Waals surface area contributed by atoms with Gasteiger partial charge in [0.25, 0.3) is 11.8 Å². The van der Waals surface area contributed by atoms with Crippen molar-refractivity contribution in [2.75, 3.05) is 31.6 Å². The average molecular weight is 585 g/mol. The Morgan fingerprint density at radius 2 is 1.44 bits per heavy atom. The van der Waals surface area contributed by atoms with Crippen molar-refractivity contribution in [1.29, 1.82) is 0 Å². The SMILES string of the molecule is Cc1c(NC(=O)c2ccc(CNCCO)cn2)cccc1C1(C)C=CC=C(NC(=O)c2ccc(CNCCO)cn2)C1C. The van der Waals surface area contributed by atoms with Gasteiger partial charge in [-0.2, -0.15) is 0 Å². The number of carbonyl (C=O) groups excluding carboxylic acids is 2. The fourth-order valence-corrected chi connectivity index (χ4v) is 5.12. The van der Waals surface area contributed by atoms with Gasteiger partial charge in [-0.3, -0.25) is 19.6 Å². The number of aliphatic hydroxyl groups is 2. The third kappa shape index (κ3) is 7.79. The highest BCUT2D eigenvalue weighted by atomic mass is 16.3. The number of nitrogens with zero attached hydrogens (tertiary/aromatic N) is 2. The van der Waals surface area contributed by atoms with Crippen molar-refractivity contribution in [3.8, 4) is 0 Å². The molecule has 2 atom stereocenters. The number of nitrogens with one attached hydrogen (secondary N) is 4. The van der Waals surface area contributed by atoms with Gasteiger partial charge in [-0.15, -0.1) is 0 Å². The minimum Gasteiger partial charge on any atom is -0.395 e. The van der Waals surface area contributed by atoms with Crippen LogP contribution in [0.3, 0.4) is 0 Å². The van der Waals surface area contributed by atoms with Crippen LogP contribution in [0.2, 0.25) is 0 Å². The van der Waals surface area contributed by atoms with Gasteiger partial charge in [-0.05, 0) is 53.5 Å². The van der Waals surface area contributed by atoms with Gasteiger partial charge >= 0.3 is 0 Å². The van der Waals surface area contributed by atoms with Gasteiger partial charge in [-0.25, -0.2) is 0 Å². The Labute approximate surface area is 252 Å². The van der Waals surface area contributed by atoms with Crippen LogP contribution in [0.15, 0.2) is 78.8 Å². The number of hydrogen-bond acceptors (Lipinski definition) is 8. The lowest BCUT2D eigenvalue weighted by atomic mass is 9.67. The third-order valence-corrected chi connectivity index (χ3v) is 7.85. The molecule has 0 bridgehead atoms. The van der Waals surface area contributed by atoms with E-state index in [1.54, 1.807) is 24.5 Å². The molecule has 0 saturated heterocycles. The summed E-state index contributed by atoms with van der Waals surface area (Å²) in [6, 6.07) is 12.9. The molecule has 10 heteroatoms. The van der Waals surface area contributed by atoms with E-state index < -0.39 is 5.41 Å². The van der Waals surface area contributed by atoms with Crippen LogP contribution in [0.5, 0.6) is 0 Å². The summed E-state index contributed by atoms with van der Waals surface area (Å²) in [5.74, 6) is -0.671. The highest BCUT2D eigenvalue weighted by Crippen LogP contribution is 2.42. The second-order valence-corrected chi connectivity index (χ2v) is 10.8. The second-order valence-electron chi connectivity index (χ2n) is 10.8. The first-order chi connectivity index (χ1) is 20.8. The van der Waals surface area contributed by atoms with Crippen molar-refractivity contribution in [2.45, 2.75) is 39.3 Å². The maximum atomic E-state index is 13.1. The number of rotatable bonds is 13. The Hall–Kier alpha value is -4.22. The molecule has 0 aliphatic heterocycles. The molecule has 1 aliphatic carbocycles. The first-order valence-corrected chi connectivity index (χ1v) is 14.4. The van der Waals surface area contributed by atoms with Gasteiger partial charge in [0.1, 0.15) is 11.4 Å². The van der Waals surface area contributed by atoms with Gasteiger partial charge in [0.05, 0.1) is 13.2 Å². The summed E-state index contributed by atoms with van der Waals surface area (Å²) in [4.78, 5) is 34.8. The zero-order chi connectivity index (χ0) is 30.8. The van der Waals surface area contributed by atoms with Crippen molar-refractivity contribution in [3.63, 3.8) is 0 Å². The standard InChI is InChI=1S/C33H40N6O4/c1-22-26(6-4-7-27(22)38-31(42)29-11-9-24(20-36-29)18-34-14-16-40)33(3)13-5-8-28(23(33)2)39-32(43)30-12-10-25(21-37-30)19-35-15-17-41/h4-13,20-21,23,34-35,40-41H,14-19H2,1-3H3,(H,38,42)(H,39,43). The minimum atomic E-state index is -0.459. The van der Waals surface area contributed by atoms with Crippen LogP contribution in [0, 0.1) is 12.8 Å². The van der Waals surface area contributed by atoms with E-state index in [2.05, 4.69) is 51.2 Å². The number of allylic oxidation sites excluding steroid dienone is 4. The molecule has 43 heavy (non-hydrogen) atoms.